The second-order valence-corrected chi connectivity index (χ2v) is 8.34. The van der Waals surface area contributed by atoms with Crippen LogP contribution in [0.3, 0.4) is 0 Å². The van der Waals surface area contributed by atoms with Gasteiger partial charge in [0.05, 0.1) is 18.7 Å². The summed E-state index contributed by atoms with van der Waals surface area (Å²) in [5.41, 5.74) is 2.79. The van der Waals surface area contributed by atoms with Crippen molar-refractivity contribution in [2.75, 3.05) is 18.5 Å². The number of carbonyl (C=O) groups is 2. The van der Waals surface area contributed by atoms with Crippen LogP contribution in [-0.4, -0.2) is 30.1 Å². The van der Waals surface area contributed by atoms with Gasteiger partial charge in [-0.1, -0.05) is 36.4 Å². The first-order valence-corrected chi connectivity index (χ1v) is 10.6. The Morgan fingerprint density at radius 1 is 1.21 bits per heavy atom. The van der Waals surface area contributed by atoms with E-state index in [1.54, 1.807) is 23.2 Å². The number of anilines is 1. The number of amides is 2. The fourth-order valence-corrected chi connectivity index (χ4v) is 5.33. The Kier molecular flexibility index (Phi) is 4.39. The first kappa shape index (κ1) is 18.0. The van der Waals surface area contributed by atoms with Gasteiger partial charge in [-0.25, -0.2) is 4.79 Å². The number of thiophene rings is 1. The fourth-order valence-electron chi connectivity index (χ4n) is 4.04. The van der Waals surface area contributed by atoms with E-state index in [4.69, 9.17) is 4.74 Å². The van der Waals surface area contributed by atoms with Gasteiger partial charge in [0.25, 0.3) is 5.91 Å². The molecule has 2 aromatic carbocycles. The lowest BCUT2D eigenvalue weighted by molar-refractivity contribution is 0.0934. The fraction of sp³-hybridized carbons (Fsp3) is 0.273. The van der Waals surface area contributed by atoms with Gasteiger partial charge in [-0.3, -0.25) is 4.79 Å². The van der Waals surface area contributed by atoms with Gasteiger partial charge >= 0.3 is 6.09 Å². The third-order valence-electron chi connectivity index (χ3n) is 5.47. The monoisotopic (exact) mass is 407 g/mol. The molecule has 0 spiro atoms. The standard InChI is InChI=1S/C22H21N3O3S/c1-2-28-22(27)25-10-9-16-17(12-25)29-21-18(16)20(26)23-19(24-21)15-8-7-13-5-3-4-6-14(13)11-15/h3-8,11,19,24H,2,9-10,12H2,1H3,(H,23,26)/t19-/m1/s1. The van der Waals surface area contributed by atoms with Crippen molar-refractivity contribution in [2.24, 2.45) is 0 Å². The molecule has 0 unspecified atom stereocenters. The summed E-state index contributed by atoms with van der Waals surface area (Å²) in [5, 5.41) is 9.77. The second-order valence-electron chi connectivity index (χ2n) is 7.24. The van der Waals surface area contributed by atoms with Crippen LogP contribution in [0.15, 0.2) is 42.5 Å². The zero-order chi connectivity index (χ0) is 20.0. The molecule has 1 atom stereocenters. The lowest BCUT2D eigenvalue weighted by atomic mass is 10.00. The van der Waals surface area contributed by atoms with Gasteiger partial charge in [-0.15, -0.1) is 11.3 Å². The molecule has 2 aliphatic heterocycles. The van der Waals surface area contributed by atoms with E-state index in [9.17, 15) is 9.59 Å². The lowest BCUT2D eigenvalue weighted by Gasteiger charge is -2.28. The summed E-state index contributed by atoms with van der Waals surface area (Å²) in [7, 11) is 0. The summed E-state index contributed by atoms with van der Waals surface area (Å²) < 4.78 is 5.13. The van der Waals surface area contributed by atoms with Gasteiger partial charge in [0, 0.05) is 11.4 Å². The molecule has 2 N–H and O–H groups in total. The van der Waals surface area contributed by atoms with E-state index >= 15 is 0 Å². The maximum Gasteiger partial charge on any atom is 0.410 e. The zero-order valence-corrected chi connectivity index (χ0v) is 16.8. The van der Waals surface area contributed by atoms with Crippen molar-refractivity contribution in [3.63, 3.8) is 0 Å². The molecule has 0 saturated heterocycles. The van der Waals surface area contributed by atoms with Gasteiger partial charge in [0.15, 0.2) is 0 Å². The Bertz CT molecular complexity index is 1120. The molecule has 6 nitrogen and oxygen atoms in total. The predicted molar refractivity (Wildman–Crippen MR) is 113 cm³/mol. The summed E-state index contributed by atoms with van der Waals surface area (Å²) in [4.78, 5) is 27.8. The molecule has 0 radical (unpaired) electrons. The molecule has 0 bridgehead atoms. The molecule has 3 aromatic rings. The maximum absolute atomic E-state index is 12.9. The molecule has 5 rings (SSSR count). The molecule has 0 saturated carbocycles. The van der Waals surface area contributed by atoms with Crippen molar-refractivity contribution in [2.45, 2.75) is 26.1 Å². The quantitative estimate of drug-likeness (QED) is 0.666. The van der Waals surface area contributed by atoms with Crippen molar-refractivity contribution in [1.82, 2.24) is 10.2 Å². The van der Waals surface area contributed by atoms with Crippen LogP contribution in [0.5, 0.6) is 0 Å². The summed E-state index contributed by atoms with van der Waals surface area (Å²) in [6.07, 6.45) is 0.0901. The van der Waals surface area contributed by atoms with Crippen LogP contribution < -0.4 is 10.6 Å². The molecule has 0 aliphatic carbocycles. The van der Waals surface area contributed by atoms with E-state index < -0.39 is 0 Å². The van der Waals surface area contributed by atoms with E-state index in [-0.39, 0.29) is 18.2 Å². The van der Waals surface area contributed by atoms with E-state index in [1.165, 1.54) is 5.39 Å². The second kappa shape index (κ2) is 7.08. The number of ether oxygens (including phenoxy) is 1. The van der Waals surface area contributed by atoms with Crippen LogP contribution in [0.2, 0.25) is 0 Å². The molecule has 0 fully saturated rings. The zero-order valence-electron chi connectivity index (χ0n) is 16.0. The van der Waals surface area contributed by atoms with E-state index in [2.05, 4.69) is 34.9 Å². The van der Waals surface area contributed by atoms with E-state index in [0.717, 1.165) is 32.0 Å². The van der Waals surface area contributed by atoms with E-state index in [0.29, 0.717) is 26.1 Å². The third-order valence-corrected chi connectivity index (χ3v) is 6.62. The maximum atomic E-state index is 12.9. The average Bonchev–Trinajstić information content (AvgIpc) is 3.11. The van der Waals surface area contributed by atoms with Crippen LogP contribution in [-0.2, 0) is 17.7 Å². The topological polar surface area (TPSA) is 70.7 Å². The van der Waals surface area contributed by atoms with Gasteiger partial charge < -0.3 is 20.3 Å². The number of hydrogen-bond acceptors (Lipinski definition) is 5. The highest BCUT2D eigenvalue weighted by atomic mass is 32.1. The molecular formula is C22H21N3O3S. The largest absolute Gasteiger partial charge is 0.450 e. The predicted octanol–water partition coefficient (Wildman–Crippen LogP) is 4.27. The first-order chi connectivity index (χ1) is 14.1. The van der Waals surface area contributed by atoms with Crippen molar-refractivity contribution < 1.29 is 14.3 Å². The summed E-state index contributed by atoms with van der Waals surface area (Å²) in [6.45, 7) is 3.22. The number of fused-ring (bicyclic) bond motifs is 4. The van der Waals surface area contributed by atoms with Crippen LogP contribution in [0.1, 0.15) is 39.5 Å². The molecule has 3 heterocycles. The minimum absolute atomic E-state index is 0.0565. The van der Waals surface area contributed by atoms with Gasteiger partial charge in [0.2, 0.25) is 0 Å². The number of hydrogen-bond donors (Lipinski definition) is 2. The number of nitrogens with one attached hydrogen (secondary N) is 2. The van der Waals surface area contributed by atoms with Gasteiger partial charge in [0.1, 0.15) is 11.2 Å². The average molecular weight is 407 g/mol. The smallest absolute Gasteiger partial charge is 0.410 e. The summed E-state index contributed by atoms with van der Waals surface area (Å²) >= 11 is 1.56. The molecular weight excluding hydrogens is 386 g/mol. The molecule has 7 heteroatoms. The molecule has 148 valence electrons. The minimum Gasteiger partial charge on any atom is -0.450 e. The Morgan fingerprint density at radius 3 is 2.86 bits per heavy atom. The summed E-state index contributed by atoms with van der Waals surface area (Å²) in [5.74, 6) is -0.0565. The number of carbonyl (C=O) groups excluding carboxylic acids is 2. The third kappa shape index (κ3) is 3.11. The van der Waals surface area contributed by atoms with Gasteiger partial charge in [-0.05, 0) is 41.3 Å². The lowest BCUT2D eigenvalue weighted by Crippen LogP contribution is -2.39. The molecule has 29 heavy (non-hydrogen) atoms. The van der Waals surface area contributed by atoms with Gasteiger partial charge in [-0.2, -0.15) is 0 Å². The van der Waals surface area contributed by atoms with Crippen molar-refractivity contribution in [3.8, 4) is 0 Å². The van der Waals surface area contributed by atoms with Crippen molar-refractivity contribution in [3.05, 3.63) is 64.0 Å². The highest BCUT2D eigenvalue weighted by molar-refractivity contribution is 7.16. The van der Waals surface area contributed by atoms with Crippen LogP contribution >= 0.6 is 11.3 Å². The Hall–Kier alpha value is -3.06. The Balaban J connectivity index is 1.43. The minimum atomic E-state index is -0.295. The SMILES string of the molecule is CCOC(=O)N1CCc2c(sc3c2C(=O)N[C@@H](c2ccc4ccccc4c2)N3)C1. The van der Waals surface area contributed by atoms with E-state index in [1.807, 2.05) is 18.2 Å². The first-order valence-electron chi connectivity index (χ1n) is 9.76. The number of benzene rings is 2. The number of rotatable bonds is 2. The summed E-state index contributed by atoms with van der Waals surface area (Å²) in [6, 6.07) is 14.4. The Morgan fingerprint density at radius 2 is 2.03 bits per heavy atom. The van der Waals surface area contributed by atoms with Crippen LogP contribution in [0, 0.1) is 0 Å². The normalized spacial score (nSPS) is 17.9. The van der Waals surface area contributed by atoms with Crippen LogP contribution in [0.4, 0.5) is 9.80 Å². The highest BCUT2D eigenvalue weighted by Crippen LogP contribution is 2.41. The van der Waals surface area contributed by atoms with Crippen LogP contribution in [0.25, 0.3) is 10.8 Å². The molecule has 1 aromatic heterocycles. The van der Waals surface area contributed by atoms with Crippen molar-refractivity contribution >= 4 is 39.1 Å². The number of nitrogens with zero attached hydrogens (tertiary/aromatic N) is 1. The van der Waals surface area contributed by atoms with Crippen molar-refractivity contribution in [1.29, 1.82) is 0 Å². The highest BCUT2D eigenvalue weighted by Gasteiger charge is 2.34. The molecule has 2 aliphatic rings. The molecule has 2 amide bonds. The Labute approximate surface area is 172 Å².